The van der Waals surface area contributed by atoms with Gasteiger partial charge in [0.05, 0.1) is 27.8 Å². The molecule has 4 heteroatoms. The number of para-hydroxylation sites is 4. The smallest absolute Gasteiger partial charge is 0.131 e. The molecule has 0 aliphatic carbocycles. The lowest BCUT2D eigenvalue weighted by Gasteiger charge is -2.21. The van der Waals surface area contributed by atoms with Gasteiger partial charge in [0.1, 0.15) is 5.65 Å². The van der Waals surface area contributed by atoms with Crippen molar-refractivity contribution in [1.29, 1.82) is 0 Å². The molecule has 0 amide bonds. The van der Waals surface area contributed by atoms with Crippen LogP contribution in [0.1, 0.15) is 0 Å². The van der Waals surface area contributed by atoms with Crippen LogP contribution >= 0.6 is 11.8 Å². The lowest BCUT2D eigenvalue weighted by Crippen LogP contribution is -2.05. The fourth-order valence-corrected chi connectivity index (χ4v) is 9.80. The first-order valence-electron chi connectivity index (χ1n) is 17.1. The molecule has 4 heterocycles. The molecular weight excluding hydrogens is 627 g/mol. The van der Waals surface area contributed by atoms with Crippen LogP contribution in [0.5, 0.6) is 0 Å². The van der Waals surface area contributed by atoms with E-state index in [4.69, 9.17) is 0 Å². The summed E-state index contributed by atoms with van der Waals surface area (Å²) < 4.78 is 7.41. The van der Waals surface area contributed by atoms with E-state index in [9.17, 15) is 0 Å². The number of benzene rings is 8. The number of hydrogen-bond acceptors (Lipinski definition) is 1. The standard InChI is InChI=1S/C46H27N3S/c1-2-11-33-28(10-1)22-25-40-43(33)34-12-3-5-15-37(34)47(40)31-23-20-30-27-32(24-21-29(30)26-31)48-38-16-6-4-13-35(38)44-36-14-9-19-42-45(36)49(46(44)48)39-17-7-8-18-41(39)50-42/h1-27H. The van der Waals surface area contributed by atoms with Gasteiger partial charge in [-0.05, 0) is 82.2 Å². The highest BCUT2D eigenvalue weighted by molar-refractivity contribution is 7.99. The Balaban J connectivity index is 1.11. The van der Waals surface area contributed by atoms with E-state index in [2.05, 4.69) is 177 Å². The van der Waals surface area contributed by atoms with Crippen LogP contribution < -0.4 is 0 Å². The van der Waals surface area contributed by atoms with Crippen LogP contribution in [-0.4, -0.2) is 13.7 Å². The molecule has 1 aliphatic rings. The second kappa shape index (κ2) is 9.69. The maximum Gasteiger partial charge on any atom is 0.131 e. The van der Waals surface area contributed by atoms with Crippen molar-refractivity contribution < 1.29 is 0 Å². The molecule has 0 radical (unpaired) electrons. The van der Waals surface area contributed by atoms with Crippen molar-refractivity contribution >= 4 is 88.0 Å². The van der Waals surface area contributed by atoms with Crippen molar-refractivity contribution in [1.82, 2.24) is 13.7 Å². The average Bonchev–Trinajstić information content (AvgIpc) is 3.81. The van der Waals surface area contributed by atoms with Gasteiger partial charge >= 0.3 is 0 Å². The van der Waals surface area contributed by atoms with Crippen LogP contribution in [0.3, 0.4) is 0 Å². The highest BCUT2D eigenvalue weighted by atomic mass is 32.2. The minimum atomic E-state index is 1.16. The van der Waals surface area contributed by atoms with E-state index >= 15 is 0 Å². The SMILES string of the molecule is c1ccc2c(c1)Sc1cccc3c4c5ccccc5n(-c5ccc6cc(-n7c8ccccc8c8c9ccccc9ccc87)ccc6c5)c4n-2c13. The molecule has 0 bridgehead atoms. The van der Waals surface area contributed by atoms with Crippen molar-refractivity contribution in [2.75, 3.05) is 0 Å². The summed E-state index contributed by atoms with van der Waals surface area (Å²) in [6, 6.07) is 60.4. The van der Waals surface area contributed by atoms with E-state index in [0.29, 0.717) is 0 Å². The molecule has 3 nitrogen and oxygen atoms in total. The molecule has 0 fully saturated rings. The Morgan fingerprint density at radius 3 is 1.78 bits per heavy atom. The highest BCUT2D eigenvalue weighted by Crippen LogP contribution is 2.49. The molecule has 3 aromatic heterocycles. The van der Waals surface area contributed by atoms with Crippen molar-refractivity contribution in [2.24, 2.45) is 0 Å². The minimum absolute atomic E-state index is 1.16. The summed E-state index contributed by atoms with van der Waals surface area (Å²) in [7, 11) is 0. The third-order valence-electron chi connectivity index (χ3n) is 10.8. The van der Waals surface area contributed by atoms with Gasteiger partial charge in [-0.25, -0.2) is 0 Å². The number of fused-ring (bicyclic) bond motifs is 13. The molecule has 8 aromatic carbocycles. The Labute approximate surface area is 291 Å². The molecular formula is C46H27N3S. The fourth-order valence-electron chi connectivity index (χ4n) is 8.71. The van der Waals surface area contributed by atoms with Crippen LogP contribution in [0, 0.1) is 0 Å². The van der Waals surface area contributed by atoms with Crippen molar-refractivity contribution in [3.8, 4) is 17.1 Å². The molecule has 12 rings (SSSR count). The van der Waals surface area contributed by atoms with E-state index in [1.807, 2.05) is 11.8 Å². The zero-order valence-electron chi connectivity index (χ0n) is 26.8. The topological polar surface area (TPSA) is 14.8 Å². The predicted molar refractivity (Wildman–Crippen MR) is 211 cm³/mol. The minimum Gasteiger partial charge on any atom is -0.309 e. The lowest BCUT2D eigenvalue weighted by molar-refractivity contribution is 1.03. The van der Waals surface area contributed by atoms with Crippen LogP contribution in [0.2, 0.25) is 0 Å². The van der Waals surface area contributed by atoms with Gasteiger partial charge in [-0.2, -0.15) is 0 Å². The largest absolute Gasteiger partial charge is 0.309 e. The van der Waals surface area contributed by atoms with E-state index < -0.39 is 0 Å². The first kappa shape index (κ1) is 26.7. The van der Waals surface area contributed by atoms with E-state index in [-0.39, 0.29) is 0 Å². The zero-order valence-corrected chi connectivity index (χ0v) is 27.7. The van der Waals surface area contributed by atoms with Gasteiger partial charge in [0.2, 0.25) is 0 Å². The van der Waals surface area contributed by atoms with E-state index in [1.54, 1.807) is 0 Å². The lowest BCUT2D eigenvalue weighted by atomic mass is 10.0. The average molecular weight is 654 g/mol. The Kier molecular flexibility index (Phi) is 5.17. The summed E-state index contributed by atoms with van der Waals surface area (Å²) in [6.45, 7) is 0. The Hall–Kier alpha value is -6.23. The number of hydrogen-bond donors (Lipinski definition) is 0. The first-order valence-corrected chi connectivity index (χ1v) is 17.9. The van der Waals surface area contributed by atoms with E-state index in [1.165, 1.54) is 97.4 Å². The molecule has 0 atom stereocenters. The molecule has 1 aliphatic heterocycles. The van der Waals surface area contributed by atoms with Gasteiger partial charge in [-0.15, -0.1) is 0 Å². The van der Waals surface area contributed by atoms with Gasteiger partial charge in [-0.3, -0.25) is 9.13 Å². The third-order valence-corrected chi connectivity index (χ3v) is 11.9. The zero-order chi connectivity index (χ0) is 32.5. The monoisotopic (exact) mass is 653 g/mol. The Morgan fingerprint density at radius 2 is 0.960 bits per heavy atom. The summed E-state index contributed by atoms with van der Waals surface area (Å²) in [4.78, 5) is 2.59. The molecule has 0 saturated carbocycles. The normalized spacial score (nSPS) is 12.7. The van der Waals surface area contributed by atoms with E-state index in [0.717, 1.165) is 5.69 Å². The summed E-state index contributed by atoms with van der Waals surface area (Å²) in [6.07, 6.45) is 0. The quantitative estimate of drug-likeness (QED) is 0.181. The summed E-state index contributed by atoms with van der Waals surface area (Å²) >= 11 is 1.87. The molecule has 0 unspecified atom stereocenters. The fraction of sp³-hybridized carbons (Fsp3) is 0. The molecule has 232 valence electrons. The summed E-state index contributed by atoms with van der Waals surface area (Å²) in [5, 5.41) is 11.5. The Morgan fingerprint density at radius 1 is 0.360 bits per heavy atom. The molecule has 0 N–H and O–H groups in total. The number of nitrogens with zero attached hydrogens (tertiary/aromatic N) is 3. The van der Waals surface area contributed by atoms with Gasteiger partial charge in [0, 0.05) is 48.1 Å². The molecule has 0 spiro atoms. The van der Waals surface area contributed by atoms with Crippen molar-refractivity contribution in [2.45, 2.75) is 9.79 Å². The van der Waals surface area contributed by atoms with Crippen LogP contribution in [0.15, 0.2) is 174 Å². The maximum atomic E-state index is 2.51. The Bertz CT molecular complexity index is 3250. The van der Waals surface area contributed by atoms with Gasteiger partial charge < -0.3 is 4.57 Å². The summed E-state index contributed by atoms with van der Waals surface area (Å²) in [5.41, 5.74) is 9.76. The number of rotatable bonds is 2. The van der Waals surface area contributed by atoms with Crippen molar-refractivity contribution in [3.05, 3.63) is 164 Å². The van der Waals surface area contributed by atoms with Crippen LogP contribution in [-0.2, 0) is 0 Å². The van der Waals surface area contributed by atoms with Gasteiger partial charge in [0.25, 0.3) is 0 Å². The predicted octanol–water partition coefficient (Wildman–Crippen LogP) is 12.6. The number of aromatic nitrogens is 3. The second-order valence-electron chi connectivity index (χ2n) is 13.4. The third kappa shape index (κ3) is 3.41. The summed E-state index contributed by atoms with van der Waals surface area (Å²) in [5.74, 6) is 0. The molecule has 0 saturated heterocycles. The van der Waals surface area contributed by atoms with Gasteiger partial charge in [0.15, 0.2) is 0 Å². The maximum absolute atomic E-state index is 2.51. The highest BCUT2D eigenvalue weighted by Gasteiger charge is 2.27. The van der Waals surface area contributed by atoms with Crippen molar-refractivity contribution in [3.63, 3.8) is 0 Å². The van der Waals surface area contributed by atoms with Crippen LogP contribution in [0.4, 0.5) is 0 Å². The first-order chi connectivity index (χ1) is 24.8. The molecule has 11 aromatic rings. The van der Waals surface area contributed by atoms with Crippen LogP contribution in [0.25, 0.3) is 93.3 Å². The molecule has 50 heavy (non-hydrogen) atoms. The second-order valence-corrected chi connectivity index (χ2v) is 14.4. The van der Waals surface area contributed by atoms with Gasteiger partial charge in [-0.1, -0.05) is 115 Å².